The van der Waals surface area contributed by atoms with Crippen LogP contribution in [0.15, 0.2) is 41.0 Å². The Morgan fingerprint density at radius 1 is 1.10 bits per heavy atom. The Morgan fingerprint density at radius 2 is 1.68 bits per heavy atom. The van der Waals surface area contributed by atoms with Crippen molar-refractivity contribution in [3.63, 3.8) is 0 Å². The lowest BCUT2D eigenvalue weighted by Gasteiger charge is -2.24. The van der Waals surface area contributed by atoms with Gasteiger partial charge in [0.25, 0.3) is 0 Å². The van der Waals surface area contributed by atoms with Crippen LogP contribution < -0.4 is 0 Å². The predicted molar refractivity (Wildman–Crippen MR) is 108 cm³/mol. The van der Waals surface area contributed by atoms with E-state index in [0.29, 0.717) is 29.9 Å². The number of benzene rings is 1. The molecule has 1 aromatic carbocycles. The van der Waals surface area contributed by atoms with Crippen LogP contribution in [-0.2, 0) is 23.6 Å². The van der Waals surface area contributed by atoms with Crippen molar-refractivity contribution in [1.29, 1.82) is 5.41 Å². The van der Waals surface area contributed by atoms with Gasteiger partial charge in [-0.2, -0.15) is 26.3 Å². The second-order valence-electron chi connectivity index (χ2n) is 7.21. The molecule has 170 valence electrons. The Balaban J connectivity index is 2.12. The molecule has 1 aromatic rings. The number of hydrogen-bond acceptors (Lipinski definition) is 2. The van der Waals surface area contributed by atoms with Gasteiger partial charge in [-0.3, -0.25) is 0 Å². The van der Waals surface area contributed by atoms with Gasteiger partial charge in [-0.1, -0.05) is 23.3 Å². The van der Waals surface area contributed by atoms with Crippen LogP contribution >= 0.6 is 23.2 Å². The van der Waals surface area contributed by atoms with Gasteiger partial charge in [0.1, 0.15) is 6.29 Å². The summed E-state index contributed by atoms with van der Waals surface area (Å²) in [5.74, 6) is -0.535. The summed E-state index contributed by atoms with van der Waals surface area (Å²) in [6.07, 6.45) is -5.31. The van der Waals surface area contributed by atoms with Crippen LogP contribution in [-0.4, -0.2) is 17.4 Å². The molecule has 2 rings (SSSR count). The zero-order chi connectivity index (χ0) is 23.4. The van der Waals surface area contributed by atoms with E-state index < -0.39 is 34.8 Å². The molecule has 2 atom stereocenters. The highest BCUT2D eigenvalue weighted by atomic mass is 35.5. The summed E-state index contributed by atoms with van der Waals surface area (Å²) in [6, 6.07) is 1.47. The predicted octanol–water partition coefficient (Wildman–Crippen LogP) is 7.33. The Labute approximate surface area is 185 Å². The first kappa shape index (κ1) is 25.5. The summed E-state index contributed by atoms with van der Waals surface area (Å²) in [5.41, 5.74) is -1.95. The monoisotopic (exact) mass is 485 g/mol. The third-order valence-electron chi connectivity index (χ3n) is 4.93. The van der Waals surface area contributed by atoms with Crippen LogP contribution in [0.25, 0.3) is 0 Å². The largest absolute Gasteiger partial charge is 0.416 e. The van der Waals surface area contributed by atoms with Crippen LogP contribution in [0.5, 0.6) is 0 Å². The van der Waals surface area contributed by atoms with E-state index in [2.05, 4.69) is 0 Å². The maximum atomic E-state index is 13.0. The Kier molecular flexibility index (Phi) is 8.39. The van der Waals surface area contributed by atoms with Crippen molar-refractivity contribution in [3.8, 4) is 0 Å². The Hall–Kier alpha value is -1.80. The van der Waals surface area contributed by atoms with Gasteiger partial charge in [-0.25, -0.2) is 0 Å². The van der Waals surface area contributed by atoms with Gasteiger partial charge < -0.3 is 10.2 Å². The molecule has 0 fully saturated rings. The first-order chi connectivity index (χ1) is 14.3. The molecule has 10 heteroatoms. The maximum Gasteiger partial charge on any atom is 0.416 e. The summed E-state index contributed by atoms with van der Waals surface area (Å²) in [6.45, 7) is 0. The molecule has 2 nitrogen and oxygen atoms in total. The van der Waals surface area contributed by atoms with Gasteiger partial charge in [0.15, 0.2) is 0 Å². The minimum Gasteiger partial charge on any atom is -0.309 e. The van der Waals surface area contributed by atoms with Crippen molar-refractivity contribution in [1.82, 2.24) is 0 Å². The number of carbonyl (C=O) groups excluding carboxylic acids is 1. The minimum absolute atomic E-state index is 0.0293. The first-order valence-corrected chi connectivity index (χ1v) is 10.1. The lowest BCUT2D eigenvalue weighted by Crippen LogP contribution is -2.21. The van der Waals surface area contributed by atoms with Gasteiger partial charge >= 0.3 is 12.4 Å². The number of hydrogen-bond donors (Lipinski definition) is 1. The highest BCUT2D eigenvalue weighted by Crippen LogP contribution is 2.37. The van der Waals surface area contributed by atoms with Crippen LogP contribution in [0.1, 0.15) is 42.4 Å². The summed E-state index contributed by atoms with van der Waals surface area (Å²) in [7, 11) is 0. The van der Waals surface area contributed by atoms with Crippen molar-refractivity contribution < 1.29 is 31.1 Å². The summed E-state index contributed by atoms with van der Waals surface area (Å²) < 4.78 is 77.9. The zero-order valence-corrected chi connectivity index (χ0v) is 17.6. The Bertz CT molecular complexity index is 857. The fourth-order valence-corrected chi connectivity index (χ4v) is 3.75. The standard InChI is InChI=1S/C21H19Cl2F6NO/c22-17-5-4-13(10-18(17)23)16(6-7-31)19(30)3-1-2-12-8-14(20(24,25)26)11-15(9-12)21(27,28)29/h4-5,7-9,11,16,18,30H,1-3,6,10H2. The summed E-state index contributed by atoms with van der Waals surface area (Å²) in [5, 5.41) is 8.25. The fraction of sp³-hybridized carbons (Fsp3) is 0.429. The number of nitrogens with one attached hydrogen (secondary N) is 1. The number of rotatable bonds is 8. The molecule has 0 spiro atoms. The van der Waals surface area contributed by atoms with Gasteiger partial charge in [-0.05, 0) is 55.5 Å². The molecule has 1 aliphatic rings. The molecule has 1 N–H and O–H groups in total. The molecule has 1 aliphatic carbocycles. The third kappa shape index (κ3) is 7.10. The molecule has 31 heavy (non-hydrogen) atoms. The second-order valence-corrected chi connectivity index (χ2v) is 8.18. The normalized spacial score (nSPS) is 18.3. The van der Waals surface area contributed by atoms with E-state index >= 15 is 0 Å². The molecule has 0 saturated heterocycles. The maximum absolute atomic E-state index is 13.0. The van der Waals surface area contributed by atoms with E-state index in [0.717, 1.165) is 5.57 Å². The van der Waals surface area contributed by atoms with Crippen LogP contribution in [0.2, 0.25) is 0 Å². The highest BCUT2D eigenvalue weighted by molar-refractivity contribution is 6.37. The molecular formula is C21H19Cl2F6NO. The van der Waals surface area contributed by atoms with Crippen molar-refractivity contribution in [2.45, 2.75) is 49.8 Å². The number of aryl methyl sites for hydroxylation is 1. The van der Waals surface area contributed by atoms with E-state index in [4.69, 9.17) is 28.6 Å². The SMILES string of the molecule is N=C(CCCc1cc(C(F)(F)F)cc(C(F)(F)F)c1)C(CC=O)C1=CC=C(Cl)C(Cl)C1. The lowest BCUT2D eigenvalue weighted by atomic mass is 9.84. The molecule has 0 heterocycles. The quantitative estimate of drug-likeness (QED) is 0.178. The zero-order valence-electron chi connectivity index (χ0n) is 16.1. The average molecular weight is 486 g/mol. The number of carbonyl (C=O) groups is 1. The molecular weight excluding hydrogens is 467 g/mol. The summed E-state index contributed by atoms with van der Waals surface area (Å²) in [4.78, 5) is 11.1. The first-order valence-electron chi connectivity index (χ1n) is 9.32. The third-order valence-corrected chi connectivity index (χ3v) is 5.82. The van der Waals surface area contributed by atoms with Gasteiger partial charge in [0, 0.05) is 23.1 Å². The van der Waals surface area contributed by atoms with Crippen LogP contribution in [0.4, 0.5) is 26.3 Å². The van der Waals surface area contributed by atoms with E-state index in [-0.39, 0.29) is 43.0 Å². The second kappa shape index (κ2) is 10.2. The molecule has 0 aliphatic heterocycles. The van der Waals surface area contributed by atoms with Crippen molar-refractivity contribution in [2.24, 2.45) is 5.92 Å². The minimum atomic E-state index is -4.90. The van der Waals surface area contributed by atoms with Gasteiger partial charge in [0.2, 0.25) is 0 Å². The van der Waals surface area contributed by atoms with E-state index in [9.17, 15) is 31.1 Å². The number of halogens is 8. The van der Waals surface area contributed by atoms with Crippen molar-refractivity contribution in [2.75, 3.05) is 0 Å². The van der Waals surface area contributed by atoms with Crippen molar-refractivity contribution in [3.05, 3.63) is 57.6 Å². The molecule has 2 unspecified atom stereocenters. The highest BCUT2D eigenvalue weighted by Gasteiger charge is 2.36. The molecule has 0 saturated carbocycles. The van der Waals surface area contributed by atoms with Gasteiger partial charge in [0.05, 0.1) is 16.5 Å². The molecule has 0 aromatic heterocycles. The molecule has 0 amide bonds. The van der Waals surface area contributed by atoms with Crippen LogP contribution in [0, 0.1) is 11.3 Å². The van der Waals surface area contributed by atoms with Crippen LogP contribution in [0.3, 0.4) is 0 Å². The fourth-order valence-electron chi connectivity index (χ4n) is 3.36. The number of allylic oxidation sites excluding steroid dienone is 4. The van der Waals surface area contributed by atoms with E-state index in [1.807, 2.05) is 0 Å². The number of aldehydes is 1. The van der Waals surface area contributed by atoms with Gasteiger partial charge in [-0.15, -0.1) is 11.6 Å². The van der Waals surface area contributed by atoms with Crippen molar-refractivity contribution >= 4 is 35.2 Å². The summed E-state index contributed by atoms with van der Waals surface area (Å²) >= 11 is 12.1. The average Bonchev–Trinajstić information content (AvgIpc) is 2.66. The van der Waals surface area contributed by atoms with E-state index in [1.165, 1.54) is 0 Å². The Morgan fingerprint density at radius 3 is 2.16 bits per heavy atom. The topological polar surface area (TPSA) is 40.9 Å². The molecule has 0 radical (unpaired) electrons. The lowest BCUT2D eigenvalue weighted by molar-refractivity contribution is -0.143. The molecule has 0 bridgehead atoms. The van der Waals surface area contributed by atoms with E-state index in [1.54, 1.807) is 12.2 Å². The smallest absolute Gasteiger partial charge is 0.309 e. The number of alkyl halides is 7.